The lowest BCUT2D eigenvalue weighted by Gasteiger charge is -2.14. The first kappa shape index (κ1) is 10.5. The lowest BCUT2D eigenvalue weighted by atomic mass is 10.0. The maximum atomic E-state index is 11.1. The molecule has 1 aliphatic rings. The SMILES string of the molecule is CC1OCCC1CNC(=O)CCN. The molecule has 76 valence electrons. The highest BCUT2D eigenvalue weighted by molar-refractivity contribution is 5.75. The summed E-state index contributed by atoms with van der Waals surface area (Å²) in [5.41, 5.74) is 5.25. The van der Waals surface area contributed by atoms with Crippen LogP contribution < -0.4 is 11.1 Å². The number of amides is 1. The minimum Gasteiger partial charge on any atom is -0.378 e. The van der Waals surface area contributed by atoms with Gasteiger partial charge < -0.3 is 15.8 Å². The first-order valence-corrected chi connectivity index (χ1v) is 4.82. The zero-order valence-electron chi connectivity index (χ0n) is 8.08. The van der Waals surface area contributed by atoms with Crippen molar-refractivity contribution in [2.24, 2.45) is 11.7 Å². The first-order chi connectivity index (χ1) is 6.24. The third-order valence-corrected chi connectivity index (χ3v) is 2.47. The molecule has 13 heavy (non-hydrogen) atoms. The van der Waals surface area contributed by atoms with Crippen LogP contribution in [0.25, 0.3) is 0 Å². The van der Waals surface area contributed by atoms with Gasteiger partial charge in [-0.25, -0.2) is 0 Å². The molecule has 1 amide bonds. The predicted molar refractivity (Wildman–Crippen MR) is 50.2 cm³/mol. The maximum absolute atomic E-state index is 11.1. The van der Waals surface area contributed by atoms with E-state index in [0.717, 1.165) is 19.6 Å². The second kappa shape index (κ2) is 5.19. The van der Waals surface area contributed by atoms with Crippen molar-refractivity contribution in [2.45, 2.75) is 25.9 Å². The van der Waals surface area contributed by atoms with E-state index in [0.29, 0.717) is 18.9 Å². The minimum absolute atomic E-state index is 0.0431. The Morgan fingerprint density at radius 2 is 2.46 bits per heavy atom. The predicted octanol–water partition coefficient (Wildman–Crippen LogP) is -0.124. The Morgan fingerprint density at radius 3 is 3.00 bits per heavy atom. The quantitative estimate of drug-likeness (QED) is 0.643. The van der Waals surface area contributed by atoms with E-state index in [9.17, 15) is 4.79 Å². The molecule has 2 unspecified atom stereocenters. The molecule has 0 aromatic rings. The van der Waals surface area contributed by atoms with E-state index < -0.39 is 0 Å². The average Bonchev–Trinajstić information content (AvgIpc) is 2.48. The Bertz CT molecular complexity index is 173. The Balaban J connectivity index is 2.14. The summed E-state index contributed by atoms with van der Waals surface area (Å²) in [6.45, 7) is 4.01. The first-order valence-electron chi connectivity index (χ1n) is 4.82. The minimum atomic E-state index is 0.0431. The number of hydrogen-bond donors (Lipinski definition) is 2. The Morgan fingerprint density at radius 1 is 1.69 bits per heavy atom. The summed E-state index contributed by atoms with van der Waals surface area (Å²) >= 11 is 0. The van der Waals surface area contributed by atoms with Gasteiger partial charge in [0.25, 0.3) is 0 Å². The molecule has 4 heteroatoms. The second-order valence-corrected chi connectivity index (χ2v) is 3.47. The molecule has 0 saturated carbocycles. The number of hydrogen-bond acceptors (Lipinski definition) is 3. The third-order valence-electron chi connectivity index (χ3n) is 2.47. The number of nitrogens with two attached hydrogens (primary N) is 1. The van der Waals surface area contributed by atoms with Gasteiger partial charge in [-0.15, -0.1) is 0 Å². The maximum Gasteiger partial charge on any atom is 0.221 e. The second-order valence-electron chi connectivity index (χ2n) is 3.47. The largest absolute Gasteiger partial charge is 0.378 e. The summed E-state index contributed by atoms with van der Waals surface area (Å²) in [5.74, 6) is 0.517. The zero-order valence-corrected chi connectivity index (χ0v) is 8.08. The smallest absolute Gasteiger partial charge is 0.221 e. The third kappa shape index (κ3) is 3.32. The molecule has 0 aromatic heterocycles. The van der Waals surface area contributed by atoms with Gasteiger partial charge >= 0.3 is 0 Å². The average molecular weight is 186 g/mol. The molecule has 1 aliphatic heterocycles. The van der Waals surface area contributed by atoms with E-state index in [1.807, 2.05) is 6.92 Å². The highest BCUT2D eigenvalue weighted by atomic mass is 16.5. The summed E-state index contributed by atoms with van der Waals surface area (Å²) in [6, 6.07) is 0. The molecule has 3 N–H and O–H groups in total. The van der Waals surface area contributed by atoms with Gasteiger partial charge in [0.1, 0.15) is 0 Å². The molecule has 1 rings (SSSR count). The van der Waals surface area contributed by atoms with E-state index in [4.69, 9.17) is 10.5 Å². The zero-order chi connectivity index (χ0) is 9.68. The molecule has 1 heterocycles. The number of carbonyl (C=O) groups is 1. The van der Waals surface area contributed by atoms with Crippen molar-refractivity contribution < 1.29 is 9.53 Å². The van der Waals surface area contributed by atoms with Gasteiger partial charge in [-0.1, -0.05) is 0 Å². The highest BCUT2D eigenvalue weighted by Crippen LogP contribution is 2.19. The van der Waals surface area contributed by atoms with Crippen LogP contribution in [-0.4, -0.2) is 31.7 Å². The Kier molecular flexibility index (Phi) is 4.18. The molecule has 0 bridgehead atoms. The van der Waals surface area contributed by atoms with Gasteiger partial charge in [-0.05, 0) is 13.3 Å². The van der Waals surface area contributed by atoms with Crippen molar-refractivity contribution in [3.63, 3.8) is 0 Å². The van der Waals surface area contributed by atoms with Crippen molar-refractivity contribution in [1.82, 2.24) is 5.32 Å². The van der Waals surface area contributed by atoms with Crippen LogP contribution in [0.1, 0.15) is 19.8 Å². The van der Waals surface area contributed by atoms with E-state index in [-0.39, 0.29) is 12.0 Å². The van der Waals surface area contributed by atoms with Gasteiger partial charge in [-0.2, -0.15) is 0 Å². The fourth-order valence-electron chi connectivity index (χ4n) is 1.51. The van der Waals surface area contributed by atoms with E-state index in [1.54, 1.807) is 0 Å². The summed E-state index contributed by atoms with van der Waals surface area (Å²) in [7, 11) is 0. The van der Waals surface area contributed by atoms with Crippen LogP contribution in [0.2, 0.25) is 0 Å². The Labute approximate surface area is 78.8 Å². The monoisotopic (exact) mass is 186 g/mol. The number of rotatable bonds is 4. The fraction of sp³-hybridized carbons (Fsp3) is 0.889. The van der Waals surface area contributed by atoms with Crippen LogP contribution in [0.4, 0.5) is 0 Å². The van der Waals surface area contributed by atoms with Crippen LogP contribution in [-0.2, 0) is 9.53 Å². The van der Waals surface area contributed by atoms with Gasteiger partial charge in [0.15, 0.2) is 0 Å². The molecule has 1 saturated heterocycles. The standard InChI is InChI=1S/C9H18N2O2/c1-7-8(3-5-13-7)6-11-9(12)2-4-10/h7-8H,2-6,10H2,1H3,(H,11,12). The van der Waals surface area contributed by atoms with Crippen molar-refractivity contribution in [1.29, 1.82) is 0 Å². The van der Waals surface area contributed by atoms with Crippen molar-refractivity contribution in [3.05, 3.63) is 0 Å². The molecule has 0 aliphatic carbocycles. The highest BCUT2D eigenvalue weighted by Gasteiger charge is 2.24. The summed E-state index contributed by atoms with van der Waals surface area (Å²) < 4.78 is 5.38. The summed E-state index contributed by atoms with van der Waals surface area (Å²) in [6.07, 6.45) is 1.74. The van der Waals surface area contributed by atoms with Gasteiger partial charge in [0, 0.05) is 32.0 Å². The summed E-state index contributed by atoms with van der Waals surface area (Å²) in [5, 5.41) is 2.86. The van der Waals surface area contributed by atoms with Crippen molar-refractivity contribution in [2.75, 3.05) is 19.7 Å². The summed E-state index contributed by atoms with van der Waals surface area (Å²) in [4.78, 5) is 11.1. The number of nitrogens with one attached hydrogen (secondary N) is 1. The fourth-order valence-corrected chi connectivity index (χ4v) is 1.51. The normalized spacial score (nSPS) is 27.5. The van der Waals surface area contributed by atoms with E-state index in [2.05, 4.69) is 5.32 Å². The molecular weight excluding hydrogens is 168 g/mol. The van der Waals surface area contributed by atoms with Gasteiger partial charge in [0.05, 0.1) is 6.10 Å². The number of carbonyl (C=O) groups excluding carboxylic acids is 1. The Hall–Kier alpha value is -0.610. The van der Waals surface area contributed by atoms with Crippen molar-refractivity contribution in [3.8, 4) is 0 Å². The molecular formula is C9H18N2O2. The van der Waals surface area contributed by atoms with Crippen LogP contribution >= 0.6 is 0 Å². The van der Waals surface area contributed by atoms with Crippen LogP contribution in [0, 0.1) is 5.92 Å². The molecule has 0 aromatic carbocycles. The van der Waals surface area contributed by atoms with Crippen LogP contribution in [0.5, 0.6) is 0 Å². The molecule has 1 fully saturated rings. The van der Waals surface area contributed by atoms with Gasteiger partial charge in [-0.3, -0.25) is 4.79 Å². The van der Waals surface area contributed by atoms with E-state index >= 15 is 0 Å². The molecule has 2 atom stereocenters. The molecule has 4 nitrogen and oxygen atoms in total. The van der Waals surface area contributed by atoms with Gasteiger partial charge in [0.2, 0.25) is 5.91 Å². The van der Waals surface area contributed by atoms with Crippen LogP contribution in [0.15, 0.2) is 0 Å². The lowest BCUT2D eigenvalue weighted by Crippen LogP contribution is -2.32. The molecule has 0 radical (unpaired) electrons. The van der Waals surface area contributed by atoms with E-state index in [1.165, 1.54) is 0 Å². The van der Waals surface area contributed by atoms with Crippen LogP contribution in [0.3, 0.4) is 0 Å². The lowest BCUT2D eigenvalue weighted by molar-refractivity contribution is -0.121. The van der Waals surface area contributed by atoms with Crippen molar-refractivity contribution >= 4 is 5.91 Å². The molecule has 0 spiro atoms. The topological polar surface area (TPSA) is 64.3 Å². The number of ether oxygens (including phenoxy) is 1.